The average Bonchev–Trinajstić information content (AvgIpc) is 2.85. The Bertz CT molecular complexity index is 464. The van der Waals surface area contributed by atoms with Crippen LogP contribution in [0, 0.1) is 0 Å². The molecule has 2 aromatic heterocycles. The predicted molar refractivity (Wildman–Crippen MR) is 72.3 cm³/mol. The van der Waals surface area contributed by atoms with Gasteiger partial charge in [0.15, 0.2) is 0 Å². The first-order chi connectivity index (χ1) is 8.86. The Hall–Kier alpha value is -1.68. The topological polar surface area (TPSA) is 42.7 Å². The first-order valence-corrected chi connectivity index (χ1v) is 6.52. The number of aryl methyl sites for hydroxylation is 1. The molecule has 2 heterocycles. The minimum absolute atomic E-state index is 0.116. The molecule has 0 spiro atoms. The molecule has 0 aliphatic carbocycles. The first-order valence-electron chi connectivity index (χ1n) is 6.52. The Balaban J connectivity index is 2.32. The third kappa shape index (κ3) is 2.76. The van der Waals surface area contributed by atoms with E-state index in [9.17, 15) is 0 Å². The summed E-state index contributed by atoms with van der Waals surface area (Å²) in [5.74, 6) is 0. The van der Waals surface area contributed by atoms with Gasteiger partial charge in [-0.15, -0.1) is 0 Å². The first kappa shape index (κ1) is 12.8. The number of hydrogen-bond acceptors (Lipinski definition) is 3. The monoisotopic (exact) mass is 244 g/mol. The maximum atomic E-state index is 4.45. The van der Waals surface area contributed by atoms with Gasteiger partial charge in [0, 0.05) is 18.9 Å². The fraction of sp³-hybridized carbons (Fsp3) is 0.429. The Labute approximate surface area is 108 Å². The smallest absolute Gasteiger partial charge is 0.0921 e. The van der Waals surface area contributed by atoms with Crippen molar-refractivity contribution in [3.8, 4) is 0 Å². The van der Waals surface area contributed by atoms with Gasteiger partial charge in [0.25, 0.3) is 0 Å². The Morgan fingerprint density at radius 2 is 2.11 bits per heavy atom. The van der Waals surface area contributed by atoms with Crippen molar-refractivity contribution in [3.05, 3.63) is 48.0 Å². The van der Waals surface area contributed by atoms with E-state index in [2.05, 4.69) is 46.1 Å². The van der Waals surface area contributed by atoms with Gasteiger partial charge in [-0.25, -0.2) is 0 Å². The molecule has 4 nitrogen and oxygen atoms in total. The van der Waals surface area contributed by atoms with Crippen LogP contribution in [0.1, 0.15) is 37.7 Å². The van der Waals surface area contributed by atoms with Crippen LogP contribution in [0.5, 0.6) is 0 Å². The van der Waals surface area contributed by atoms with Crippen LogP contribution >= 0.6 is 0 Å². The van der Waals surface area contributed by atoms with E-state index in [0.29, 0.717) is 0 Å². The van der Waals surface area contributed by atoms with E-state index in [1.165, 1.54) is 5.69 Å². The molecule has 0 bridgehead atoms. The van der Waals surface area contributed by atoms with Gasteiger partial charge in [0.1, 0.15) is 0 Å². The summed E-state index contributed by atoms with van der Waals surface area (Å²) < 4.78 is 2.06. The molecule has 0 saturated carbocycles. The van der Waals surface area contributed by atoms with E-state index in [1.807, 2.05) is 24.5 Å². The van der Waals surface area contributed by atoms with E-state index in [4.69, 9.17) is 0 Å². The molecule has 0 aromatic carbocycles. The summed E-state index contributed by atoms with van der Waals surface area (Å²) in [6.07, 6.45) is 4.77. The quantitative estimate of drug-likeness (QED) is 0.848. The van der Waals surface area contributed by atoms with Crippen LogP contribution in [0.2, 0.25) is 0 Å². The molecule has 0 aliphatic rings. The molecule has 2 aromatic rings. The fourth-order valence-corrected chi connectivity index (χ4v) is 2.10. The summed E-state index contributed by atoms with van der Waals surface area (Å²) in [7, 11) is 0. The van der Waals surface area contributed by atoms with Crippen molar-refractivity contribution in [1.82, 2.24) is 20.1 Å². The van der Waals surface area contributed by atoms with E-state index in [0.717, 1.165) is 25.2 Å². The molecule has 4 heteroatoms. The van der Waals surface area contributed by atoms with Crippen LogP contribution in [0.3, 0.4) is 0 Å². The van der Waals surface area contributed by atoms with Gasteiger partial charge in [-0.2, -0.15) is 5.10 Å². The second-order valence-corrected chi connectivity index (χ2v) is 4.22. The van der Waals surface area contributed by atoms with Gasteiger partial charge in [-0.05, 0) is 31.2 Å². The van der Waals surface area contributed by atoms with Gasteiger partial charge >= 0.3 is 0 Å². The standard InChI is InChI=1S/C14H20N4/c1-3-11-18-13(8-10-17-18)14(15-4-2)12-7-5-6-9-16-12/h5-10,14-15H,3-4,11H2,1-2H3. The summed E-state index contributed by atoms with van der Waals surface area (Å²) >= 11 is 0. The molecule has 0 radical (unpaired) electrons. The summed E-state index contributed by atoms with van der Waals surface area (Å²) in [6, 6.07) is 8.20. The molecule has 0 fully saturated rings. The third-order valence-electron chi connectivity index (χ3n) is 2.87. The number of nitrogens with one attached hydrogen (secondary N) is 1. The second-order valence-electron chi connectivity index (χ2n) is 4.22. The minimum atomic E-state index is 0.116. The Morgan fingerprint density at radius 1 is 1.22 bits per heavy atom. The molecule has 0 amide bonds. The summed E-state index contributed by atoms with van der Waals surface area (Å²) in [5.41, 5.74) is 2.22. The lowest BCUT2D eigenvalue weighted by Gasteiger charge is -2.18. The molecule has 96 valence electrons. The number of pyridine rings is 1. The molecule has 0 aliphatic heterocycles. The maximum Gasteiger partial charge on any atom is 0.0921 e. The predicted octanol–water partition coefficient (Wildman–Crippen LogP) is 2.39. The van der Waals surface area contributed by atoms with Gasteiger partial charge in [-0.1, -0.05) is 19.9 Å². The normalized spacial score (nSPS) is 12.6. The van der Waals surface area contributed by atoms with Crippen molar-refractivity contribution in [2.75, 3.05) is 6.54 Å². The molecular weight excluding hydrogens is 224 g/mol. The van der Waals surface area contributed by atoms with Gasteiger partial charge in [-0.3, -0.25) is 9.67 Å². The van der Waals surface area contributed by atoms with E-state index >= 15 is 0 Å². The lowest BCUT2D eigenvalue weighted by Crippen LogP contribution is -2.25. The molecule has 1 atom stereocenters. The highest BCUT2D eigenvalue weighted by Crippen LogP contribution is 2.19. The zero-order chi connectivity index (χ0) is 12.8. The molecule has 18 heavy (non-hydrogen) atoms. The third-order valence-corrected chi connectivity index (χ3v) is 2.87. The van der Waals surface area contributed by atoms with Crippen LogP contribution < -0.4 is 5.32 Å². The lowest BCUT2D eigenvalue weighted by molar-refractivity contribution is 0.514. The SMILES string of the molecule is CCCn1nccc1C(NCC)c1ccccn1. The average molecular weight is 244 g/mol. The second kappa shape index (κ2) is 6.31. The van der Waals surface area contributed by atoms with Crippen molar-refractivity contribution in [1.29, 1.82) is 0 Å². The number of aromatic nitrogens is 3. The highest BCUT2D eigenvalue weighted by atomic mass is 15.3. The van der Waals surface area contributed by atoms with Crippen LogP contribution in [-0.2, 0) is 6.54 Å². The number of nitrogens with zero attached hydrogens (tertiary/aromatic N) is 3. The molecular formula is C14H20N4. The lowest BCUT2D eigenvalue weighted by atomic mass is 10.1. The van der Waals surface area contributed by atoms with Crippen molar-refractivity contribution in [3.63, 3.8) is 0 Å². The fourth-order valence-electron chi connectivity index (χ4n) is 2.10. The van der Waals surface area contributed by atoms with Gasteiger partial charge < -0.3 is 5.32 Å². The highest BCUT2D eigenvalue weighted by Gasteiger charge is 2.17. The summed E-state index contributed by atoms with van der Waals surface area (Å²) in [6.45, 7) is 6.11. The zero-order valence-electron chi connectivity index (χ0n) is 11.0. The summed E-state index contributed by atoms with van der Waals surface area (Å²) in [4.78, 5) is 4.45. The summed E-state index contributed by atoms with van der Waals surface area (Å²) in [5, 5.41) is 7.86. The Kier molecular flexibility index (Phi) is 4.47. The Morgan fingerprint density at radius 3 is 2.78 bits per heavy atom. The van der Waals surface area contributed by atoms with Crippen LogP contribution in [-0.4, -0.2) is 21.3 Å². The van der Waals surface area contributed by atoms with E-state index in [-0.39, 0.29) is 6.04 Å². The zero-order valence-corrected chi connectivity index (χ0v) is 11.0. The van der Waals surface area contributed by atoms with Gasteiger partial charge in [0.05, 0.1) is 17.4 Å². The van der Waals surface area contributed by atoms with Crippen LogP contribution in [0.25, 0.3) is 0 Å². The minimum Gasteiger partial charge on any atom is -0.304 e. The number of hydrogen-bond donors (Lipinski definition) is 1. The van der Waals surface area contributed by atoms with Crippen molar-refractivity contribution in [2.45, 2.75) is 32.9 Å². The molecule has 1 N–H and O–H groups in total. The maximum absolute atomic E-state index is 4.45. The van der Waals surface area contributed by atoms with Crippen molar-refractivity contribution < 1.29 is 0 Å². The molecule has 0 saturated heterocycles. The van der Waals surface area contributed by atoms with E-state index in [1.54, 1.807) is 0 Å². The van der Waals surface area contributed by atoms with E-state index < -0.39 is 0 Å². The molecule has 1 unspecified atom stereocenters. The van der Waals surface area contributed by atoms with Gasteiger partial charge in [0.2, 0.25) is 0 Å². The highest BCUT2D eigenvalue weighted by molar-refractivity contribution is 5.21. The van der Waals surface area contributed by atoms with Crippen molar-refractivity contribution >= 4 is 0 Å². The molecule has 2 rings (SSSR count). The number of rotatable bonds is 6. The largest absolute Gasteiger partial charge is 0.304 e. The van der Waals surface area contributed by atoms with Crippen molar-refractivity contribution in [2.24, 2.45) is 0 Å². The van der Waals surface area contributed by atoms with Crippen LogP contribution in [0.15, 0.2) is 36.7 Å². The van der Waals surface area contributed by atoms with Crippen LogP contribution in [0.4, 0.5) is 0 Å².